The van der Waals surface area contributed by atoms with Crippen LogP contribution in [0.4, 0.5) is 20.3 Å². The lowest BCUT2D eigenvalue weighted by Gasteiger charge is -2.14. The van der Waals surface area contributed by atoms with Gasteiger partial charge < -0.3 is 26.2 Å². The monoisotopic (exact) mass is 496 g/mol. The van der Waals surface area contributed by atoms with E-state index in [4.69, 9.17) is 15.6 Å². The van der Waals surface area contributed by atoms with Crippen LogP contribution in [-0.2, 0) is 6.42 Å². The molecule has 11 heteroatoms. The number of rotatable bonds is 9. The summed E-state index contributed by atoms with van der Waals surface area (Å²) in [5, 5.41) is 15.0. The standard InChI is InChI=1S/C25H26F2N6O3/c1-3-14-10-16(4-5-17(14)25(35)31-11-15(28)13-34)32-23-24-30-12-19(33(24)9-8-29-23)18-6-7-20(36-2)22(27)21(18)26/h4-10,12,15,34H,3,11,13,28H2,1-2H3,(H,29,32)(H,31,35). The van der Waals surface area contributed by atoms with Gasteiger partial charge in [-0.1, -0.05) is 6.92 Å². The molecule has 5 N–H and O–H groups in total. The topological polar surface area (TPSA) is 127 Å². The van der Waals surface area contributed by atoms with Crippen molar-refractivity contribution >= 4 is 23.1 Å². The van der Waals surface area contributed by atoms with Crippen molar-refractivity contribution in [3.05, 3.63) is 71.7 Å². The summed E-state index contributed by atoms with van der Waals surface area (Å²) >= 11 is 0. The van der Waals surface area contributed by atoms with Gasteiger partial charge in [0, 0.05) is 41.8 Å². The molecule has 0 aliphatic rings. The molecule has 2 aromatic heterocycles. The van der Waals surface area contributed by atoms with Gasteiger partial charge in [-0.15, -0.1) is 0 Å². The Bertz CT molecular complexity index is 1410. The van der Waals surface area contributed by atoms with Gasteiger partial charge in [-0.2, -0.15) is 4.39 Å². The number of aryl methyl sites for hydroxylation is 1. The second-order valence-corrected chi connectivity index (χ2v) is 8.06. The van der Waals surface area contributed by atoms with Crippen molar-refractivity contribution in [3.8, 4) is 17.0 Å². The predicted octanol–water partition coefficient (Wildman–Crippen LogP) is 3.04. The molecule has 1 atom stereocenters. The fraction of sp³-hybridized carbons (Fsp3) is 0.240. The highest BCUT2D eigenvalue weighted by atomic mass is 19.2. The number of carbonyl (C=O) groups is 1. The van der Waals surface area contributed by atoms with E-state index in [9.17, 15) is 13.6 Å². The maximum atomic E-state index is 14.7. The van der Waals surface area contributed by atoms with E-state index in [2.05, 4.69) is 20.6 Å². The quantitative estimate of drug-likeness (QED) is 0.281. The molecule has 0 spiro atoms. The van der Waals surface area contributed by atoms with Crippen molar-refractivity contribution in [1.82, 2.24) is 19.7 Å². The lowest BCUT2D eigenvalue weighted by atomic mass is 10.0. The molecule has 0 saturated carbocycles. The molecule has 0 aliphatic carbocycles. The summed E-state index contributed by atoms with van der Waals surface area (Å²) in [4.78, 5) is 21.3. The van der Waals surface area contributed by atoms with Crippen molar-refractivity contribution in [1.29, 1.82) is 0 Å². The van der Waals surface area contributed by atoms with E-state index in [1.54, 1.807) is 22.7 Å². The van der Waals surface area contributed by atoms with Gasteiger partial charge >= 0.3 is 0 Å². The van der Waals surface area contributed by atoms with Crippen LogP contribution in [-0.4, -0.2) is 51.7 Å². The SMILES string of the molecule is CCc1cc(Nc2nccn3c(-c4ccc(OC)c(F)c4F)cnc23)ccc1C(=O)NCC(N)CO. The largest absolute Gasteiger partial charge is 0.494 e. The number of imidazole rings is 1. The predicted molar refractivity (Wildman–Crippen MR) is 131 cm³/mol. The number of anilines is 2. The maximum Gasteiger partial charge on any atom is 0.251 e. The van der Waals surface area contributed by atoms with E-state index in [1.165, 1.54) is 31.6 Å². The highest BCUT2D eigenvalue weighted by Crippen LogP contribution is 2.31. The van der Waals surface area contributed by atoms with Crippen molar-refractivity contribution in [2.45, 2.75) is 19.4 Å². The molecule has 0 aliphatic heterocycles. The number of ether oxygens (including phenoxy) is 1. The zero-order valence-electron chi connectivity index (χ0n) is 19.8. The maximum absolute atomic E-state index is 14.7. The van der Waals surface area contributed by atoms with Crippen molar-refractivity contribution in [3.63, 3.8) is 0 Å². The molecule has 0 radical (unpaired) electrons. The first-order valence-corrected chi connectivity index (χ1v) is 11.3. The van der Waals surface area contributed by atoms with Crippen LogP contribution in [0.2, 0.25) is 0 Å². The Morgan fingerprint density at radius 3 is 2.75 bits per heavy atom. The Morgan fingerprint density at radius 1 is 1.22 bits per heavy atom. The number of carbonyl (C=O) groups excluding carboxylic acids is 1. The van der Waals surface area contributed by atoms with Crippen LogP contribution in [0.25, 0.3) is 16.9 Å². The second-order valence-electron chi connectivity index (χ2n) is 8.06. The average molecular weight is 497 g/mol. The molecule has 2 aromatic carbocycles. The molecule has 36 heavy (non-hydrogen) atoms. The minimum absolute atomic E-state index is 0.0301. The smallest absolute Gasteiger partial charge is 0.251 e. The van der Waals surface area contributed by atoms with Gasteiger partial charge in [-0.05, 0) is 42.3 Å². The zero-order chi connectivity index (χ0) is 25.8. The molecule has 1 amide bonds. The normalized spacial score (nSPS) is 11.9. The highest BCUT2D eigenvalue weighted by molar-refractivity contribution is 5.96. The number of hydrogen-bond donors (Lipinski definition) is 4. The molecule has 0 bridgehead atoms. The Balaban J connectivity index is 1.63. The van der Waals surface area contributed by atoms with Gasteiger partial charge in [0.1, 0.15) is 0 Å². The number of nitrogens with zero attached hydrogens (tertiary/aromatic N) is 3. The minimum Gasteiger partial charge on any atom is -0.494 e. The van der Waals surface area contributed by atoms with Gasteiger partial charge in [0.2, 0.25) is 5.82 Å². The fourth-order valence-corrected chi connectivity index (χ4v) is 3.80. The second kappa shape index (κ2) is 10.7. The van der Waals surface area contributed by atoms with Crippen LogP contribution in [0.1, 0.15) is 22.8 Å². The lowest BCUT2D eigenvalue weighted by molar-refractivity contribution is 0.0947. The highest BCUT2D eigenvalue weighted by Gasteiger charge is 2.19. The summed E-state index contributed by atoms with van der Waals surface area (Å²) < 4.78 is 35.4. The van der Waals surface area contributed by atoms with Gasteiger partial charge in [-0.25, -0.2) is 14.4 Å². The number of benzene rings is 2. The number of nitrogens with two attached hydrogens (primary N) is 1. The summed E-state index contributed by atoms with van der Waals surface area (Å²) in [5.41, 5.74) is 8.40. The third-order valence-electron chi connectivity index (χ3n) is 5.72. The molecule has 2 heterocycles. The third-order valence-corrected chi connectivity index (χ3v) is 5.72. The molecule has 0 saturated heterocycles. The van der Waals surface area contributed by atoms with E-state index in [0.29, 0.717) is 34.8 Å². The first-order chi connectivity index (χ1) is 17.4. The summed E-state index contributed by atoms with van der Waals surface area (Å²) in [7, 11) is 1.27. The van der Waals surface area contributed by atoms with Gasteiger partial charge in [0.15, 0.2) is 23.0 Å². The Kier molecular flexibility index (Phi) is 7.41. The van der Waals surface area contributed by atoms with Crippen molar-refractivity contribution in [2.24, 2.45) is 5.73 Å². The number of fused-ring (bicyclic) bond motifs is 1. The third kappa shape index (κ3) is 4.83. The van der Waals surface area contributed by atoms with E-state index < -0.39 is 17.7 Å². The molecule has 9 nitrogen and oxygen atoms in total. The Morgan fingerprint density at radius 2 is 2.03 bits per heavy atom. The van der Waals surface area contributed by atoms with Gasteiger partial charge in [-0.3, -0.25) is 9.20 Å². The Labute approximate surface area is 205 Å². The minimum atomic E-state index is -1.08. The molecular weight excluding hydrogens is 470 g/mol. The van der Waals surface area contributed by atoms with Crippen LogP contribution in [0.5, 0.6) is 5.75 Å². The fourth-order valence-electron chi connectivity index (χ4n) is 3.80. The first kappa shape index (κ1) is 25.0. The number of halogens is 2. The number of aromatic nitrogens is 3. The lowest BCUT2D eigenvalue weighted by Crippen LogP contribution is -2.39. The summed E-state index contributed by atoms with van der Waals surface area (Å²) in [5.74, 6) is -2.19. The van der Waals surface area contributed by atoms with E-state index in [0.717, 1.165) is 5.56 Å². The summed E-state index contributed by atoms with van der Waals surface area (Å²) in [6, 6.07) is 7.50. The zero-order valence-corrected chi connectivity index (χ0v) is 19.8. The molecule has 1 unspecified atom stereocenters. The number of hydrogen-bond acceptors (Lipinski definition) is 7. The summed E-state index contributed by atoms with van der Waals surface area (Å²) in [6.45, 7) is 1.86. The van der Waals surface area contributed by atoms with Crippen molar-refractivity contribution in [2.75, 3.05) is 25.6 Å². The number of methoxy groups -OCH3 is 1. The number of nitrogens with one attached hydrogen (secondary N) is 2. The number of aliphatic hydroxyl groups is 1. The van der Waals surface area contributed by atoms with E-state index >= 15 is 0 Å². The first-order valence-electron chi connectivity index (χ1n) is 11.3. The molecule has 188 valence electrons. The van der Waals surface area contributed by atoms with Crippen molar-refractivity contribution < 1.29 is 23.4 Å². The average Bonchev–Trinajstić information content (AvgIpc) is 3.33. The molecule has 4 rings (SSSR count). The van der Waals surface area contributed by atoms with E-state index in [-0.39, 0.29) is 30.4 Å². The number of amides is 1. The van der Waals surface area contributed by atoms with Gasteiger partial charge in [0.25, 0.3) is 5.91 Å². The molecule has 0 fully saturated rings. The van der Waals surface area contributed by atoms with Crippen LogP contribution in [0.15, 0.2) is 48.9 Å². The summed E-state index contributed by atoms with van der Waals surface area (Å²) in [6.07, 6.45) is 5.16. The van der Waals surface area contributed by atoms with Crippen LogP contribution in [0, 0.1) is 11.6 Å². The Hall–Kier alpha value is -4.09. The van der Waals surface area contributed by atoms with Crippen LogP contribution < -0.4 is 21.1 Å². The molecular formula is C25H26F2N6O3. The van der Waals surface area contributed by atoms with Crippen LogP contribution >= 0.6 is 0 Å². The molecule has 4 aromatic rings. The van der Waals surface area contributed by atoms with E-state index in [1.807, 2.05) is 13.0 Å². The van der Waals surface area contributed by atoms with Crippen LogP contribution in [0.3, 0.4) is 0 Å². The van der Waals surface area contributed by atoms with Gasteiger partial charge in [0.05, 0.1) is 25.6 Å². The number of aliphatic hydroxyl groups excluding tert-OH is 1.